The van der Waals surface area contributed by atoms with E-state index < -0.39 is 5.60 Å². The standard InChI is InChI=1S/C36H45NO5/c1-39-35(40-2)28-19-21-37(22-20-28)31-15-13-30(14-16-31)36(38)33-18-17-32(41-24-26-9-5-3-6-10-26)23-29(33)25-42-34(36)27-11-7-4-8-12-27/h3,5-6,9-10,13-18,23,27-28,34-35,38H,4,7-8,11-12,19-22,24-25H2,1-2H3. The number of hydrogen-bond donors (Lipinski definition) is 1. The number of methoxy groups -OCH3 is 2. The Morgan fingerprint density at radius 3 is 2.29 bits per heavy atom. The summed E-state index contributed by atoms with van der Waals surface area (Å²) in [6.07, 6.45) is 7.48. The number of piperidine rings is 1. The maximum Gasteiger partial charge on any atom is 0.159 e. The summed E-state index contributed by atoms with van der Waals surface area (Å²) < 4.78 is 23.8. The fraction of sp³-hybridized carbons (Fsp3) is 0.500. The normalized spacial score (nSPS) is 23.6. The molecule has 1 saturated carbocycles. The summed E-state index contributed by atoms with van der Waals surface area (Å²) >= 11 is 0. The maximum absolute atomic E-state index is 12.7. The van der Waals surface area contributed by atoms with Crippen LogP contribution in [0.5, 0.6) is 5.75 Å². The average molecular weight is 572 g/mol. The Kier molecular flexibility index (Phi) is 9.15. The van der Waals surface area contributed by atoms with Crippen LogP contribution in [0.1, 0.15) is 67.2 Å². The van der Waals surface area contributed by atoms with E-state index in [1.54, 1.807) is 14.2 Å². The van der Waals surface area contributed by atoms with Gasteiger partial charge < -0.3 is 29.0 Å². The monoisotopic (exact) mass is 571 g/mol. The Bertz CT molecular complexity index is 1280. The lowest BCUT2D eigenvalue weighted by Gasteiger charge is -2.46. The van der Waals surface area contributed by atoms with Crippen molar-refractivity contribution in [1.82, 2.24) is 0 Å². The summed E-state index contributed by atoms with van der Waals surface area (Å²) in [5, 5.41) is 12.7. The highest BCUT2D eigenvalue weighted by atomic mass is 16.7. The molecule has 0 amide bonds. The summed E-state index contributed by atoms with van der Waals surface area (Å²) in [5.74, 6) is 1.53. The second kappa shape index (κ2) is 13.2. The van der Waals surface area contributed by atoms with Gasteiger partial charge in [-0.2, -0.15) is 0 Å². The molecule has 2 fully saturated rings. The third-order valence-electron chi connectivity index (χ3n) is 9.71. The van der Waals surface area contributed by atoms with E-state index in [0.717, 1.165) is 66.8 Å². The van der Waals surface area contributed by atoms with Crippen LogP contribution in [0.3, 0.4) is 0 Å². The first-order valence-electron chi connectivity index (χ1n) is 15.7. The molecule has 1 N–H and O–H groups in total. The van der Waals surface area contributed by atoms with Crippen LogP contribution in [0.4, 0.5) is 5.69 Å². The van der Waals surface area contributed by atoms with E-state index in [1.165, 1.54) is 24.9 Å². The minimum absolute atomic E-state index is 0.142. The zero-order valence-electron chi connectivity index (χ0n) is 25.0. The largest absolute Gasteiger partial charge is 0.489 e. The molecule has 6 rings (SSSR count). The van der Waals surface area contributed by atoms with Gasteiger partial charge in [-0.1, -0.05) is 67.8 Å². The van der Waals surface area contributed by atoms with E-state index >= 15 is 0 Å². The molecule has 6 nitrogen and oxygen atoms in total. The highest BCUT2D eigenvalue weighted by Crippen LogP contribution is 2.47. The van der Waals surface area contributed by atoms with Crippen molar-refractivity contribution in [1.29, 1.82) is 0 Å². The van der Waals surface area contributed by atoms with Crippen molar-refractivity contribution in [2.45, 2.75) is 76.2 Å². The fourth-order valence-electron chi connectivity index (χ4n) is 7.42. The van der Waals surface area contributed by atoms with Crippen molar-refractivity contribution >= 4 is 5.69 Å². The molecule has 0 bridgehead atoms. The zero-order chi connectivity index (χ0) is 28.9. The first-order valence-corrected chi connectivity index (χ1v) is 15.7. The van der Waals surface area contributed by atoms with Crippen LogP contribution in [0.2, 0.25) is 0 Å². The van der Waals surface area contributed by atoms with Crippen LogP contribution >= 0.6 is 0 Å². The predicted molar refractivity (Wildman–Crippen MR) is 165 cm³/mol. The SMILES string of the molecule is COC(OC)C1CCN(c2ccc(C3(O)c4ccc(OCc5ccccc5)cc4COC3C3CCCCC3)cc2)CC1. The Morgan fingerprint density at radius 2 is 1.60 bits per heavy atom. The van der Waals surface area contributed by atoms with Crippen LogP contribution in [-0.2, 0) is 33.0 Å². The summed E-state index contributed by atoms with van der Waals surface area (Å²) in [6, 6.07) is 24.9. The third-order valence-corrected chi connectivity index (χ3v) is 9.71. The molecule has 2 unspecified atom stereocenters. The minimum atomic E-state index is -1.22. The molecule has 1 saturated heterocycles. The Hall–Kier alpha value is -2.90. The highest BCUT2D eigenvalue weighted by Gasteiger charge is 2.49. The topological polar surface area (TPSA) is 60.4 Å². The number of benzene rings is 3. The smallest absolute Gasteiger partial charge is 0.159 e. The molecule has 42 heavy (non-hydrogen) atoms. The van der Waals surface area contributed by atoms with Gasteiger partial charge in [0.05, 0.1) is 12.7 Å². The molecule has 0 aromatic heterocycles. The Balaban J connectivity index is 1.25. The minimum Gasteiger partial charge on any atom is -0.489 e. The van der Waals surface area contributed by atoms with Crippen LogP contribution in [0.15, 0.2) is 72.8 Å². The van der Waals surface area contributed by atoms with Crippen molar-refractivity contribution in [3.05, 3.63) is 95.1 Å². The maximum atomic E-state index is 12.7. The number of fused-ring (bicyclic) bond motifs is 1. The molecule has 3 aromatic carbocycles. The quantitative estimate of drug-likeness (QED) is 0.285. The number of anilines is 1. The van der Waals surface area contributed by atoms with Crippen molar-refractivity contribution in [2.75, 3.05) is 32.2 Å². The van der Waals surface area contributed by atoms with Gasteiger partial charge in [-0.05, 0) is 78.1 Å². The summed E-state index contributed by atoms with van der Waals surface area (Å²) in [6.45, 7) is 2.91. The van der Waals surface area contributed by atoms with Crippen molar-refractivity contribution in [3.63, 3.8) is 0 Å². The number of hydrogen-bond acceptors (Lipinski definition) is 6. The third kappa shape index (κ3) is 5.96. The molecule has 6 heteroatoms. The van der Waals surface area contributed by atoms with Crippen LogP contribution < -0.4 is 9.64 Å². The molecule has 224 valence electrons. The first-order chi connectivity index (χ1) is 20.6. The molecule has 1 aliphatic carbocycles. The van der Waals surface area contributed by atoms with Gasteiger partial charge in [0.15, 0.2) is 6.29 Å². The fourth-order valence-corrected chi connectivity index (χ4v) is 7.42. The summed E-state index contributed by atoms with van der Waals surface area (Å²) in [5.41, 5.74) is 3.92. The highest BCUT2D eigenvalue weighted by molar-refractivity contribution is 5.53. The molecule has 3 aromatic rings. The lowest BCUT2D eigenvalue weighted by Crippen LogP contribution is -2.50. The van der Waals surface area contributed by atoms with Gasteiger partial charge in [-0.15, -0.1) is 0 Å². The van der Waals surface area contributed by atoms with E-state index in [-0.39, 0.29) is 12.4 Å². The Labute approximate surface area is 250 Å². The summed E-state index contributed by atoms with van der Waals surface area (Å²) in [4.78, 5) is 2.42. The van der Waals surface area contributed by atoms with E-state index in [4.69, 9.17) is 18.9 Å². The van der Waals surface area contributed by atoms with Gasteiger partial charge >= 0.3 is 0 Å². The summed E-state index contributed by atoms with van der Waals surface area (Å²) in [7, 11) is 3.44. The van der Waals surface area contributed by atoms with E-state index in [1.807, 2.05) is 30.3 Å². The van der Waals surface area contributed by atoms with E-state index in [2.05, 4.69) is 47.4 Å². The van der Waals surface area contributed by atoms with Crippen molar-refractivity contribution < 1.29 is 24.1 Å². The molecular weight excluding hydrogens is 526 g/mol. The van der Waals surface area contributed by atoms with Crippen LogP contribution in [0, 0.1) is 11.8 Å². The molecule has 2 heterocycles. The zero-order valence-corrected chi connectivity index (χ0v) is 25.0. The average Bonchev–Trinajstić information content (AvgIpc) is 3.06. The van der Waals surface area contributed by atoms with Gasteiger partial charge in [0, 0.05) is 38.9 Å². The second-order valence-corrected chi connectivity index (χ2v) is 12.2. The number of ether oxygens (including phenoxy) is 4. The predicted octanol–water partition coefficient (Wildman–Crippen LogP) is 6.82. The van der Waals surface area contributed by atoms with Crippen molar-refractivity contribution in [3.8, 4) is 5.75 Å². The van der Waals surface area contributed by atoms with E-state index in [9.17, 15) is 5.11 Å². The molecule has 3 aliphatic rings. The number of nitrogens with zero attached hydrogens (tertiary/aromatic N) is 1. The molecule has 0 spiro atoms. The molecular formula is C36H45NO5. The lowest BCUT2D eigenvalue weighted by atomic mass is 9.70. The van der Waals surface area contributed by atoms with Gasteiger partial charge in [0.1, 0.15) is 18.0 Å². The van der Waals surface area contributed by atoms with Crippen LogP contribution in [-0.4, -0.2) is 44.8 Å². The number of rotatable bonds is 9. The van der Waals surface area contributed by atoms with Crippen molar-refractivity contribution in [2.24, 2.45) is 11.8 Å². The lowest BCUT2D eigenvalue weighted by molar-refractivity contribution is -0.143. The molecule has 2 atom stereocenters. The van der Waals surface area contributed by atoms with Gasteiger partial charge in [-0.25, -0.2) is 0 Å². The van der Waals surface area contributed by atoms with E-state index in [0.29, 0.717) is 25.0 Å². The van der Waals surface area contributed by atoms with Gasteiger partial charge in [0.2, 0.25) is 0 Å². The van der Waals surface area contributed by atoms with Gasteiger partial charge in [-0.3, -0.25) is 0 Å². The van der Waals surface area contributed by atoms with Gasteiger partial charge in [0.25, 0.3) is 0 Å². The number of aliphatic hydroxyl groups is 1. The molecule has 2 aliphatic heterocycles. The second-order valence-electron chi connectivity index (χ2n) is 12.2. The van der Waals surface area contributed by atoms with Crippen LogP contribution in [0.25, 0.3) is 0 Å². The first kappa shape index (κ1) is 29.2. The Morgan fingerprint density at radius 1 is 0.881 bits per heavy atom. The molecule has 0 radical (unpaired) electrons.